The van der Waals surface area contributed by atoms with Crippen LogP contribution in [0.4, 0.5) is 14.5 Å². The standard InChI is InChI=1S/C17H15F2NO2/c1-2-22-16-5-3-12(4-6-16)17(21)7-8-20-15-10-13(18)9-14(19)11-15/h3-11,20H,2H2,1H3. The van der Waals surface area contributed by atoms with Gasteiger partial charge in [0.05, 0.1) is 6.61 Å². The van der Waals surface area contributed by atoms with Crippen molar-refractivity contribution in [2.45, 2.75) is 6.92 Å². The minimum atomic E-state index is -0.686. The van der Waals surface area contributed by atoms with Crippen molar-refractivity contribution in [3.63, 3.8) is 0 Å². The van der Waals surface area contributed by atoms with Crippen molar-refractivity contribution in [3.8, 4) is 5.75 Å². The zero-order valence-electron chi connectivity index (χ0n) is 12.0. The van der Waals surface area contributed by atoms with Crippen molar-refractivity contribution >= 4 is 11.5 Å². The Morgan fingerprint density at radius 3 is 2.36 bits per heavy atom. The highest BCUT2D eigenvalue weighted by Gasteiger charge is 2.02. The van der Waals surface area contributed by atoms with E-state index < -0.39 is 11.6 Å². The number of rotatable bonds is 6. The van der Waals surface area contributed by atoms with Crippen molar-refractivity contribution in [1.29, 1.82) is 0 Å². The summed E-state index contributed by atoms with van der Waals surface area (Å²) in [6, 6.07) is 9.77. The van der Waals surface area contributed by atoms with Crippen LogP contribution >= 0.6 is 0 Å². The minimum Gasteiger partial charge on any atom is -0.494 e. The summed E-state index contributed by atoms with van der Waals surface area (Å²) in [4.78, 5) is 11.9. The third-order valence-corrected chi connectivity index (χ3v) is 2.80. The first-order valence-electron chi connectivity index (χ1n) is 6.75. The van der Waals surface area contributed by atoms with Crippen molar-refractivity contribution < 1.29 is 18.3 Å². The number of hydrogen-bond acceptors (Lipinski definition) is 3. The van der Waals surface area contributed by atoms with Crippen LogP contribution in [0.5, 0.6) is 5.75 Å². The minimum absolute atomic E-state index is 0.229. The second-order valence-electron chi connectivity index (χ2n) is 4.46. The average Bonchev–Trinajstić information content (AvgIpc) is 2.47. The average molecular weight is 303 g/mol. The van der Waals surface area contributed by atoms with Gasteiger partial charge in [-0.05, 0) is 43.3 Å². The molecule has 114 valence electrons. The van der Waals surface area contributed by atoms with E-state index in [1.807, 2.05) is 6.92 Å². The van der Waals surface area contributed by atoms with Gasteiger partial charge in [-0.25, -0.2) is 8.78 Å². The Morgan fingerprint density at radius 1 is 1.14 bits per heavy atom. The van der Waals surface area contributed by atoms with Crippen LogP contribution in [0.3, 0.4) is 0 Å². The molecule has 0 aliphatic rings. The van der Waals surface area contributed by atoms with Gasteiger partial charge in [0.2, 0.25) is 0 Å². The molecule has 0 amide bonds. The van der Waals surface area contributed by atoms with Crippen molar-refractivity contribution in [3.05, 3.63) is 71.9 Å². The third kappa shape index (κ3) is 4.41. The number of carbonyl (C=O) groups is 1. The zero-order chi connectivity index (χ0) is 15.9. The summed E-state index contributed by atoms with van der Waals surface area (Å²) in [5.74, 6) is -0.911. The summed E-state index contributed by atoms with van der Waals surface area (Å²) in [6.45, 7) is 2.43. The van der Waals surface area contributed by atoms with E-state index in [9.17, 15) is 13.6 Å². The maximum absolute atomic E-state index is 13.0. The molecular weight excluding hydrogens is 288 g/mol. The number of halogens is 2. The van der Waals surface area contributed by atoms with E-state index in [2.05, 4.69) is 5.32 Å². The maximum atomic E-state index is 13.0. The molecule has 2 rings (SSSR count). The van der Waals surface area contributed by atoms with Crippen LogP contribution in [0.2, 0.25) is 0 Å². The molecule has 0 saturated carbocycles. The Kier molecular flexibility index (Phi) is 5.25. The lowest BCUT2D eigenvalue weighted by atomic mass is 10.1. The summed E-state index contributed by atoms with van der Waals surface area (Å²) in [5, 5.41) is 2.65. The van der Waals surface area contributed by atoms with Crippen LogP contribution in [0, 0.1) is 11.6 Å². The van der Waals surface area contributed by atoms with Gasteiger partial charge in [-0.3, -0.25) is 4.79 Å². The van der Waals surface area contributed by atoms with Crippen LogP contribution in [0.15, 0.2) is 54.7 Å². The van der Waals surface area contributed by atoms with Crippen molar-refractivity contribution in [1.82, 2.24) is 0 Å². The quantitative estimate of drug-likeness (QED) is 0.643. The molecular formula is C17H15F2NO2. The second kappa shape index (κ2) is 7.36. The number of allylic oxidation sites excluding steroid dienone is 1. The molecule has 0 aliphatic heterocycles. The summed E-state index contributed by atoms with van der Waals surface area (Å²) in [5.41, 5.74) is 0.722. The molecule has 0 bridgehead atoms. The van der Waals surface area contributed by atoms with Crippen LogP contribution in [0.25, 0.3) is 0 Å². The Bertz CT molecular complexity index is 661. The van der Waals surface area contributed by atoms with Gasteiger partial charge < -0.3 is 10.1 Å². The van der Waals surface area contributed by atoms with E-state index in [0.29, 0.717) is 17.9 Å². The molecule has 5 heteroatoms. The van der Waals surface area contributed by atoms with E-state index in [4.69, 9.17) is 4.74 Å². The van der Waals surface area contributed by atoms with E-state index in [-0.39, 0.29) is 11.5 Å². The first-order chi connectivity index (χ1) is 10.6. The maximum Gasteiger partial charge on any atom is 0.187 e. The summed E-state index contributed by atoms with van der Waals surface area (Å²) < 4.78 is 31.3. The number of carbonyl (C=O) groups excluding carboxylic acids is 1. The molecule has 2 aromatic carbocycles. The lowest BCUT2D eigenvalue weighted by Gasteiger charge is -2.03. The molecule has 0 aromatic heterocycles. The molecule has 0 spiro atoms. The molecule has 0 saturated heterocycles. The van der Waals surface area contributed by atoms with Crippen molar-refractivity contribution in [2.24, 2.45) is 0 Å². The number of hydrogen-bond donors (Lipinski definition) is 1. The topological polar surface area (TPSA) is 38.3 Å². The molecule has 3 nitrogen and oxygen atoms in total. The van der Waals surface area contributed by atoms with Crippen LogP contribution in [-0.4, -0.2) is 12.4 Å². The predicted molar refractivity (Wildman–Crippen MR) is 81.1 cm³/mol. The number of ketones is 1. The number of ether oxygens (including phenoxy) is 1. The number of benzene rings is 2. The smallest absolute Gasteiger partial charge is 0.187 e. The largest absolute Gasteiger partial charge is 0.494 e. The highest BCUT2D eigenvalue weighted by Crippen LogP contribution is 2.14. The molecule has 0 aliphatic carbocycles. The van der Waals surface area contributed by atoms with Gasteiger partial charge in [-0.1, -0.05) is 0 Å². The molecule has 0 fully saturated rings. The first kappa shape index (κ1) is 15.7. The van der Waals surface area contributed by atoms with Gasteiger partial charge in [-0.2, -0.15) is 0 Å². The van der Waals surface area contributed by atoms with Crippen LogP contribution < -0.4 is 10.1 Å². The normalized spacial score (nSPS) is 10.7. The van der Waals surface area contributed by atoms with Crippen LogP contribution in [0.1, 0.15) is 17.3 Å². The van der Waals surface area contributed by atoms with E-state index in [1.54, 1.807) is 24.3 Å². The fraction of sp³-hybridized carbons (Fsp3) is 0.118. The molecule has 0 atom stereocenters. The summed E-state index contributed by atoms with van der Waals surface area (Å²) in [6.07, 6.45) is 2.63. The van der Waals surface area contributed by atoms with Gasteiger partial charge in [0, 0.05) is 29.6 Å². The van der Waals surface area contributed by atoms with E-state index >= 15 is 0 Å². The zero-order valence-corrected chi connectivity index (χ0v) is 12.0. The van der Waals surface area contributed by atoms with Crippen molar-refractivity contribution in [2.75, 3.05) is 11.9 Å². The Morgan fingerprint density at radius 2 is 1.77 bits per heavy atom. The monoisotopic (exact) mass is 303 g/mol. The number of anilines is 1. The Hall–Kier alpha value is -2.69. The number of nitrogens with one attached hydrogen (secondary N) is 1. The SMILES string of the molecule is CCOc1ccc(C(=O)C=CNc2cc(F)cc(F)c2)cc1. The highest BCUT2D eigenvalue weighted by molar-refractivity contribution is 6.04. The van der Waals surface area contributed by atoms with E-state index in [1.165, 1.54) is 12.3 Å². The predicted octanol–water partition coefficient (Wildman–Crippen LogP) is 4.17. The summed E-state index contributed by atoms with van der Waals surface area (Å²) >= 11 is 0. The summed E-state index contributed by atoms with van der Waals surface area (Å²) in [7, 11) is 0. The van der Waals surface area contributed by atoms with E-state index in [0.717, 1.165) is 18.2 Å². The Labute approximate surface area is 127 Å². The molecule has 22 heavy (non-hydrogen) atoms. The van der Waals surface area contributed by atoms with Gasteiger partial charge in [0.1, 0.15) is 17.4 Å². The first-order valence-corrected chi connectivity index (χ1v) is 6.75. The highest BCUT2D eigenvalue weighted by atomic mass is 19.1. The fourth-order valence-electron chi connectivity index (χ4n) is 1.83. The van der Waals surface area contributed by atoms with Crippen LogP contribution in [-0.2, 0) is 0 Å². The molecule has 2 aromatic rings. The van der Waals surface area contributed by atoms with Gasteiger partial charge in [0.15, 0.2) is 5.78 Å². The Balaban J connectivity index is 1.98. The van der Waals surface area contributed by atoms with Gasteiger partial charge in [-0.15, -0.1) is 0 Å². The molecule has 0 radical (unpaired) electrons. The van der Waals surface area contributed by atoms with Gasteiger partial charge >= 0.3 is 0 Å². The second-order valence-corrected chi connectivity index (χ2v) is 4.46. The fourth-order valence-corrected chi connectivity index (χ4v) is 1.83. The van der Waals surface area contributed by atoms with Gasteiger partial charge in [0.25, 0.3) is 0 Å². The molecule has 0 unspecified atom stereocenters. The lowest BCUT2D eigenvalue weighted by molar-refractivity contribution is 0.104. The molecule has 0 heterocycles. The molecule has 1 N–H and O–H groups in total. The third-order valence-electron chi connectivity index (χ3n) is 2.80. The lowest BCUT2D eigenvalue weighted by Crippen LogP contribution is -1.97.